The minimum Gasteiger partial charge on any atom is -0.497 e. The first-order valence-corrected chi connectivity index (χ1v) is 9.65. The number of hydrogen-bond donors (Lipinski definition) is 3. The first-order valence-electron chi connectivity index (χ1n) is 9.65. The third-order valence-corrected chi connectivity index (χ3v) is 5.11. The third-order valence-electron chi connectivity index (χ3n) is 5.11. The van der Waals surface area contributed by atoms with Crippen molar-refractivity contribution in [3.8, 4) is 16.9 Å². The summed E-state index contributed by atoms with van der Waals surface area (Å²) in [7, 11) is 1.60. The topological polar surface area (TPSA) is 106 Å². The smallest absolute Gasteiger partial charge is 0.270 e. The molecule has 0 aliphatic rings. The fraction of sp³-hybridized carbons (Fsp3) is 0.174. The second-order valence-electron chi connectivity index (χ2n) is 7.05. The molecular weight excluding hydrogens is 378 g/mol. The molecule has 2 aromatic heterocycles. The Morgan fingerprint density at radius 2 is 2.00 bits per heavy atom. The zero-order valence-electron chi connectivity index (χ0n) is 16.8. The fourth-order valence-electron chi connectivity index (χ4n) is 3.42. The van der Waals surface area contributed by atoms with Gasteiger partial charge in [0.2, 0.25) is 0 Å². The summed E-state index contributed by atoms with van der Waals surface area (Å²) in [5, 5.41) is 11.3. The van der Waals surface area contributed by atoms with Crippen LogP contribution in [0.25, 0.3) is 22.0 Å². The number of H-pyrrole nitrogens is 1. The lowest BCUT2D eigenvalue weighted by atomic mass is 10.0. The van der Waals surface area contributed by atoms with Crippen LogP contribution < -0.4 is 15.8 Å². The highest BCUT2D eigenvalue weighted by atomic mass is 16.5. The predicted octanol–water partition coefficient (Wildman–Crippen LogP) is 3.37. The third kappa shape index (κ3) is 3.88. The summed E-state index contributed by atoms with van der Waals surface area (Å²) in [4.78, 5) is 17.1. The summed E-state index contributed by atoms with van der Waals surface area (Å²) < 4.78 is 5.26. The lowest BCUT2D eigenvalue weighted by Gasteiger charge is -2.18. The molecule has 0 bridgehead atoms. The zero-order valence-corrected chi connectivity index (χ0v) is 16.8. The Hall–Kier alpha value is -3.71. The number of aryl methyl sites for hydroxylation is 1. The minimum atomic E-state index is -0.344. The van der Waals surface area contributed by atoms with Crippen molar-refractivity contribution in [1.82, 2.24) is 20.5 Å². The number of benzene rings is 2. The number of methoxy groups -OCH3 is 1. The van der Waals surface area contributed by atoms with E-state index in [1.54, 1.807) is 19.4 Å². The molecule has 2 heterocycles. The summed E-state index contributed by atoms with van der Waals surface area (Å²) in [6, 6.07) is 16.8. The molecule has 0 radical (unpaired) electrons. The molecule has 7 nitrogen and oxygen atoms in total. The molecule has 0 unspecified atom stereocenters. The molecule has 0 spiro atoms. The number of nitrogens with one attached hydrogen (secondary N) is 2. The van der Waals surface area contributed by atoms with E-state index < -0.39 is 0 Å². The molecule has 1 amide bonds. The molecule has 0 saturated heterocycles. The summed E-state index contributed by atoms with van der Waals surface area (Å²) in [5.74, 6) is 0.431. The maximum atomic E-state index is 12.9. The Balaban J connectivity index is 1.59. The molecule has 0 aliphatic heterocycles. The number of amides is 1. The van der Waals surface area contributed by atoms with E-state index in [0.29, 0.717) is 11.4 Å². The number of ether oxygens (including phenoxy) is 1. The van der Waals surface area contributed by atoms with Gasteiger partial charge < -0.3 is 15.8 Å². The van der Waals surface area contributed by atoms with Crippen molar-refractivity contribution in [2.75, 3.05) is 13.7 Å². The SMILES string of the molecule is COc1cccc([C@H](CN)NC(=O)c2cc(-c3ccc4n[nH]c(C)c4c3)ccn2)c1. The molecule has 7 heteroatoms. The van der Waals surface area contributed by atoms with Gasteiger partial charge in [-0.25, -0.2) is 0 Å². The quantitative estimate of drug-likeness (QED) is 0.459. The number of pyridine rings is 1. The van der Waals surface area contributed by atoms with Gasteiger partial charge in [-0.15, -0.1) is 0 Å². The first kappa shape index (κ1) is 19.6. The number of nitrogens with zero attached hydrogens (tertiary/aromatic N) is 2. The second kappa shape index (κ2) is 8.34. The van der Waals surface area contributed by atoms with E-state index in [9.17, 15) is 4.79 Å². The van der Waals surface area contributed by atoms with Crippen molar-refractivity contribution in [2.24, 2.45) is 5.73 Å². The van der Waals surface area contributed by atoms with E-state index in [2.05, 4.69) is 26.6 Å². The molecule has 4 rings (SSSR count). The van der Waals surface area contributed by atoms with Crippen LogP contribution in [0.2, 0.25) is 0 Å². The Kier molecular flexibility index (Phi) is 5.45. The first-order chi connectivity index (χ1) is 14.6. The number of aromatic nitrogens is 3. The monoisotopic (exact) mass is 401 g/mol. The van der Waals surface area contributed by atoms with Crippen LogP contribution in [-0.4, -0.2) is 34.7 Å². The lowest BCUT2D eigenvalue weighted by Crippen LogP contribution is -2.33. The molecule has 0 saturated carbocycles. The van der Waals surface area contributed by atoms with Crippen LogP contribution >= 0.6 is 0 Å². The Labute approximate surface area is 174 Å². The van der Waals surface area contributed by atoms with Gasteiger partial charge in [-0.1, -0.05) is 18.2 Å². The number of fused-ring (bicyclic) bond motifs is 1. The molecule has 1 atom stereocenters. The average molecular weight is 401 g/mol. The Morgan fingerprint density at radius 1 is 1.17 bits per heavy atom. The predicted molar refractivity (Wildman–Crippen MR) is 116 cm³/mol. The zero-order chi connectivity index (χ0) is 21.1. The second-order valence-corrected chi connectivity index (χ2v) is 7.05. The van der Waals surface area contributed by atoms with E-state index >= 15 is 0 Å². The molecule has 4 N–H and O–H groups in total. The van der Waals surface area contributed by atoms with Gasteiger partial charge in [0.25, 0.3) is 5.91 Å². The number of nitrogens with two attached hydrogens (primary N) is 1. The highest BCUT2D eigenvalue weighted by Gasteiger charge is 2.17. The standard InChI is InChI=1S/C23H23N5O2/c1-14-19-11-15(6-7-20(19)28-27-14)16-8-9-25-21(12-16)23(29)26-22(13-24)17-4-3-5-18(10-17)30-2/h3-12,22H,13,24H2,1-2H3,(H,26,29)(H,27,28)/t22-/m0/s1. The normalized spacial score (nSPS) is 12.0. The summed E-state index contributed by atoms with van der Waals surface area (Å²) in [6.45, 7) is 2.24. The minimum absolute atomic E-state index is 0.259. The Morgan fingerprint density at radius 3 is 2.80 bits per heavy atom. The van der Waals surface area contributed by atoms with Crippen LogP contribution in [0.3, 0.4) is 0 Å². The van der Waals surface area contributed by atoms with Gasteiger partial charge >= 0.3 is 0 Å². The number of carbonyl (C=O) groups is 1. The maximum absolute atomic E-state index is 12.9. The van der Waals surface area contributed by atoms with Crippen molar-refractivity contribution in [2.45, 2.75) is 13.0 Å². The highest BCUT2D eigenvalue weighted by molar-refractivity contribution is 5.94. The van der Waals surface area contributed by atoms with Crippen molar-refractivity contribution >= 4 is 16.8 Å². The van der Waals surface area contributed by atoms with Crippen molar-refractivity contribution in [3.05, 3.63) is 77.7 Å². The summed E-state index contributed by atoms with van der Waals surface area (Å²) in [5.41, 5.74) is 10.9. The molecule has 30 heavy (non-hydrogen) atoms. The van der Waals surface area contributed by atoms with E-state index in [4.69, 9.17) is 10.5 Å². The molecular formula is C23H23N5O2. The molecule has 152 valence electrons. The van der Waals surface area contributed by atoms with Crippen LogP contribution in [-0.2, 0) is 0 Å². The largest absolute Gasteiger partial charge is 0.497 e. The van der Waals surface area contributed by atoms with Gasteiger partial charge in [-0.2, -0.15) is 5.10 Å². The number of hydrogen-bond acceptors (Lipinski definition) is 5. The molecule has 2 aromatic carbocycles. The van der Waals surface area contributed by atoms with Crippen LogP contribution in [0.1, 0.15) is 27.8 Å². The lowest BCUT2D eigenvalue weighted by molar-refractivity contribution is 0.0932. The highest BCUT2D eigenvalue weighted by Crippen LogP contribution is 2.25. The average Bonchev–Trinajstić information content (AvgIpc) is 3.17. The van der Waals surface area contributed by atoms with Gasteiger partial charge in [-0.3, -0.25) is 14.9 Å². The van der Waals surface area contributed by atoms with Gasteiger partial charge in [-0.05, 0) is 60.0 Å². The van der Waals surface area contributed by atoms with Crippen LogP contribution in [0, 0.1) is 6.92 Å². The molecule has 4 aromatic rings. The van der Waals surface area contributed by atoms with Crippen LogP contribution in [0.15, 0.2) is 60.8 Å². The van der Waals surface area contributed by atoms with E-state index in [1.807, 2.05) is 49.4 Å². The Bertz CT molecular complexity index is 1200. The number of rotatable bonds is 6. The van der Waals surface area contributed by atoms with E-state index in [-0.39, 0.29) is 18.5 Å². The summed E-state index contributed by atoms with van der Waals surface area (Å²) in [6.07, 6.45) is 1.64. The van der Waals surface area contributed by atoms with Crippen molar-refractivity contribution < 1.29 is 9.53 Å². The summed E-state index contributed by atoms with van der Waals surface area (Å²) >= 11 is 0. The van der Waals surface area contributed by atoms with Crippen LogP contribution in [0.5, 0.6) is 5.75 Å². The maximum Gasteiger partial charge on any atom is 0.270 e. The van der Waals surface area contributed by atoms with Gasteiger partial charge in [0.05, 0.1) is 18.7 Å². The van der Waals surface area contributed by atoms with E-state index in [1.165, 1.54) is 0 Å². The molecule has 0 fully saturated rings. The molecule has 0 aliphatic carbocycles. The van der Waals surface area contributed by atoms with Crippen molar-refractivity contribution in [3.63, 3.8) is 0 Å². The van der Waals surface area contributed by atoms with Crippen molar-refractivity contribution in [1.29, 1.82) is 0 Å². The van der Waals surface area contributed by atoms with E-state index in [0.717, 1.165) is 33.3 Å². The van der Waals surface area contributed by atoms with Crippen LogP contribution in [0.4, 0.5) is 0 Å². The number of carbonyl (C=O) groups excluding carboxylic acids is 1. The fourth-order valence-corrected chi connectivity index (χ4v) is 3.42. The van der Waals surface area contributed by atoms with Gasteiger partial charge in [0.1, 0.15) is 11.4 Å². The van der Waals surface area contributed by atoms with Gasteiger partial charge in [0.15, 0.2) is 0 Å². The number of aromatic amines is 1. The van der Waals surface area contributed by atoms with Gasteiger partial charge in [0, 0.05) is 23.8 Å².